The Morgan fingerprint density at radius 2 is 2.47 bits per heavy atom. The Morgan fingerprint density at radius 3 is 3.11 bits per heavy atom. The number of H-pyrrole nitrogens is 1. The molecule has 7 nitrogen and oxygen atoms in total. The molecule has 1 atom stereocenters. The number of carbonyl (C=O) groups is 1. The van der Waals surface area contributed by atoms with Crippen LogP contribution < -0.4 is 11.1 Å². The topological polar surface area (TPSA) is 96.3 Å². The van der Waals surface area contributed by atoms with Crippen LogP contribution in [0.25, 0.3) is 0 Å². The number of likely N-dealkylation sites (N-methyl/N-ethyl adjacent to an activating group) is 1. The van der Waals surface area contributed by atoms with Crippen LogP contribution in [-0.4, -0.2) is 60.4 Å². The Kier molecular flexibility index (Phi) is 4.39. The van der Waals surface area contributed by atoms with Crippen LogP contribution in [0.5, 0.6) is 0 Å². The molecule has 1 aliphatic rings. The quantitative estimate of drug-likeness (QED) is 0.690. The molecule has 7 heteroatoms. The number of carbonyl (C=O) groups excluding carboxylic acids is 1. The zero-order chi connectivity index (χ0) is 13.8. The highest BCUT2D eigenvalue weighted by Crippen LogP contribution is 2.14. The number of hydrogen-bond donors (Lipinski definition) is 3. The van der Waals surface area contributed by atoms with Gasteiger partial charge in [0.25, 0.3) is 5.91 Å². The SMILES string of the molecule is CCc1[nH]nc(C(=O)NCC2CN(C)CCO2)c1N. The Bertz CT molecular complexity index is 445. The first-order valence-corrected chi connectivity index (χ1v) is 6.52. The van der Waals surface area contributed by atoms with Crippen LogP contribution in [0.2, 0.25) is 0 Å². The highest BCUT2D eigenvalue weighted by molar-refractivity contribution is 5.97. The number of anilines is 1. The minimum absolute atomic E-state index is 0.0218. The van der Waals surface area contributed by atoms with Gasteiger partial charge in [-0.2, -0.15) is 5.10 Å². The predicted octanol–water partition coefficient (Wildman–Crippen LogP) is -0.385. The molecule has 0 aromatic carbocycles. The van der Waals surface area contributed by atoms with E-state index in [0.29, 0.717) is 18.8 Å². The maximum Gasteiger partial charge on any atom is 0.274 e. The number of aromatic nitrogens is 2. The first-order valence-electron chi connectivity index (χ1n) is 6.52. The van der Waals surface area contributed by atoms with Gasteiger partial charge >= 0.3 is 0 Å². The van der Waals surface area contributed by atoms with Gasteiger partial charge in [-0.25, -0.2) is 0 Å². The molecule has 1 amide bonds. The summed E-state index contributed by atoms with van der Waals surface area (Å²) < 4.78 is 5.58. The molecular weight excluding hydrogens is 246 g/mol. The minimum atomic E-state index is -0.259. The number of amides is 1. The van der Waals surface area contributed by atoms with Crippen molar-refractivity contribution < 1.29 is 9.53 Å². The minimum Gasteiger partial charge on any atom is -0.395 e. The summed E-state index contributed by atoms with van der Waals surface area (Å²) in [6.45, 7) is 4.86. The highest BCUT2D eigenvalue weighted by atomic mass is 16.5. The van der Waals surface area contributed by atoms with Gasteiger partial charge in [0.05, 0.1) is 24.1 Å². The lowest BCUT2D eigenvalue weighted by Crippen LogP contribution is -2.46. The summed E-state index contributed by atoms with van der Waals surface area (Å²) in [7, 11) is 2.04. The van der Waals surface area contributed by atoms with Gasteiger partial charge in [0.2, 0.25) is 0 Å². The monoisotopic (exact) mass is 267 g/mol. The van der Waals surface area contributed by atoms with Crippen LogP contribution >= 0.6 is 0 Å². The molecule has 106 valence electrons. The Balaban J connectivity index is 1.88. The third-order valence-corrected chi connectivity index (χ3v) is 3.28. The molecule has 0 aliphatic carbocycles. The van der Waals surface area contributed by atoms with E-state index >= 15 is 0 Å². The van der Waals surface area contributed by atoms with Crippen molar-refractivity contribution >= 4 is 11.6 Å². The summed E-state index contributed by atoms with van der Waals surface area (Å²) in [6.07, 6.45) is 0.747. The van der Waals surface area contributed by atoms with Crippen LogP contribution in [0.4, 0.5) is 5.69 Å². The summed E-state index contributed by atoms with van der Waals surface area (Å²) in [5.74, 6) is -0.259. The van der Waals surface area contributed by atoms with E-state index in [4.69, 9.17) is 10.5 Å². The molecule has 1 aliphatic heterocycles. The Hall–Kier alpha value is -1.60. The number of ether oxygens (including phenoxy) is 1. The molecule has 4 N–H and O–H groups in total. The third kappa shape index (κ3) is 3.24. The van der Waals surface area contributed by atoms with Crippen molar-refractivity contribution in [2.45, 2.75) is 19.4 Å². The zero-order valence-corrected chi connectivity index (χ0v) is 11.4. The van der Waals surface area contributed by atoms with Crippen LogP contribution in [0.1, 0.15) is 23.1 Å². The maximum absolute atomic E-state index is 12.0. The van der Waals surface area contributed by atoms with E-state index in [2.05, 4.69) is 20.4 Å². The predicted molar refractivity (Wildman–Crippen MR) is 71.9 cm³/mol. The van der Waals surface area contributed by atoms with Gasteiger partial charge in [0.15, 0.2) is 5.69 Å². The average Bonchev–Trinajstić information content (AvgIpc) is 2.77. The van der Waals surface area contributed by atoms with Crippen LogP contribution in [0, 0.1) is 0 Å². The van der Waals surface area contributed by atoms with Crippen LogP contribution in [0.3, 0.4) is 0 Å². The number of rotatable bonds is 4. The lowest BCUT2D eigenvalue weighted by molar-refractivity contribution is -0.0175. The zero-order valence-electron chi connectivity index (χ0n) is 11.4. The van der Waals surface area contributed by atoms with E-state index in [1.165, 1.54) is 0 Å². The van der Waals surface area contributed by atoms with E-state index in [1.54, 1.807) is 0 Å². The summed E-state index contributed by atoms with van der Waals surface area (Å²) >= 11 is 0. The van der Waals surface area contributed by atoms with Gasteiger partial charge in [-0.15, -0.1) is 0 Å². The number of aromatic amines is 1. The molecule has 0 spiro atoms. The van der Waals surface area contributed by atoms with Gasteiger partial charge in [-0.05, 0) is 13.5 Å². The van der Waals surface area contributed by atoms with Crippen LogP contribution in [0.15, 0.2) is 0 Å². The van der Waals surface area contributed by atoms with Crippen molar-refractivity contribution in [1.82, 2.24) is 20.4 Å². The molecule has 0 bridgehead atoms. The molecule has 1 aromatic rings. The van der Waals surface area contributed by atoms with Crippen molar-refractivity contribution in [2.75, 3.05) is 39.0 Å². The molecule has 1 unspecified atom stereocenters. The second-order valence-corrected chi connectivity index (χ2v) is 4.78. The smallest absolute Gasteiger partial charge is 0.274 e. The summed E-state index contributed by atoms with van der Waals surface area (Å²) in [5.41, 5.74) is 7.34. The van der Waals surface area contributed by atoms with E-state index in [0.717, 1.165) is 25.2 Å². The number of nitrogens with zero attached hydrogens (tertiary/aromatic N) is 2. The fourth-order valence-corrected chi connectivity index (χ4v) is 2.11. The first-order chi connectivity index (χ1) is 9.11. The van der Waals surface area contributed by atoms with Gasteiger partial charge < -0.3 is 20.7 Å². The van der Waals surface area contributed by atoms with E-state index in [9.17, 15) is 4.79 Å². The second kappa shape index (κ2) is 6.03. The van der Waals surface area contributed by atoms with E-state index in [-0.39, 0.29) is 17.7 Å². The number of nitrogen functional groups attached to an aromatic ring is 1. The van der Waals surface area contributed by atoms with Gasteiger partial charge in [0.1, 0.15) is 0 Å². The number of nitrogens with two attached hydrogens (primary N) is 1. The fourth-order valence-electron chi connectivity index (χ4n) is 2.11. The van der Waals surface area contributed by atoms with Crippen molar-refractivity contribution in [2.24, 2.45) is 0 Å². The Labute approximate surface area is 112 Å². The number of aryl methyl sites for hydroxylation is 1. The van der Waals surface area contributed by atoms with Crippen LogP contribution in [-0.2, 0) is 11.2 Å². The van der Waals surface area contributed by atoms with Crippen molar-refractivity contribution in [3.8, 4) is 0 Å². The van der Waals surface area contributed by atoms with Crippen molar-refractivity contribution in [3.63, 3.8) is 0 Å². The molecule has 1 saturated heterocycles. The van der Waals surface area contributed by atoms with E-state index in [1.807, 2.05) is 14.0 Å². The van der Waals surface area contributed by atoms with Gasteiger partial charge in [-0.1, -0.05) is 6.92 Å². The average molecular weight is 267 g/mol. The standard InChI is InChI=1S/C12H21N5O2/c1-3-9-10(13)11(16-15-9)12(18)14-6-8-7-17(2)4-5-19-8/h8H,3-7,13H2,1-2H3,(H,14,18)(H,15,16). The number of nitrogens with one attached hydrogen (secondary N) is 2. The highest BCUT2D eigenvalue weighted by Gasteiger charge is 2.21. The molecule has 0 radical (unpaired) electrons. The second-order valence-electron chi connectivity index (χ2n) is 4.78. The maximum atomic E-state index is 12.0. The molecule has 0 saturated carbocycles. The van der Waals surface area contributed by atoms with Crippen molar-refractivity contribution in [3.05, 3.63) is 11.4 Å². The first kappa shape index (κ1) is 13.8. The molecule has 1 aromatic heterocycles. The lowest BCUT2D eigenvalue weighted by Gasteiger charge is -2.29. The summed E-state index contributed by atoms with van der Waals surface area (Å²) in [4.78, 5) is 14.2. The molecule has 1 fully saturated rings. The number of hydrogen-bond acceptors (Lipinski definition) is 5. The van der Waals surface area contributed by atoms with Gasteiger partial charge in [0, 0.05) is 19.6 Å². The van der Waals surface area contributed by atoms with Gasteiger partial charge in [-0.3, -0.25) is 9.89 Å². The fraction of sp³-hybridized carbons (Fsp3) is 0.667. The molecule has 2 heterocycles. The third-order valence-electron chi connectivity index (χ3n) is 3.28. The molecular formula is C12H21N5O2. The largest absolute Gasteiger partial charge is 0.395 e. The lowest BCUT2D eigenvalue weighted by atomic mass is 10.2. The van der Waals surface area contributed by atoms with E-state index < -0.39 is 0 Å². The molecule has 2 rings (SSSR count). The number of morpholine rings is 1. The summed E-state index contributed by atoms with van der Waals surface area (Å²) in [6, 6.07) is 0. The Morgan fingerprint density at radius 1 is 1.68 bits per heavy atom. The summed E-state index contributed by atoms with van der Waals surface area (Å²) in [5, 5.41) is 9.54. The normalized spacial score (nSPS) is 20.4. The molecule has 19 heavy (non-hydrogen) atoms. The van der Waals surface area contributed by atoms with Crippen molar-refractivity contribution in [1.29, 1.82) is 0 Å².